The topological polar surface area (TPSA) is 37.4 Å². The quantitative estimate of drug-likeness (QED) is 0.774. The third-order valence-electron chi connectivity index (χ3n) is 2.60. The van der Waals surface area contributed by atoms with Crippen LogP contribution in [0.2, 0.25) is 10.0 Å². The summed E-state index contributed by atoms with van der Waals surface area (Å²) in [7, 11) is 0. The summed E-state index contributed by atoms with van der Waals surface area (Å²) in [5.74, 6) is -0.284. The number of hydrogen-bond acceptors (Lipinski definition) is 3. The summed E-state index contributed by atoms with van der Waals surface area (Å²) in [4.78, 5) is 25.4. The van der Waals surface area contributed by atoms with Crippen LogP contribution in [0.1, 0.15) is 18.9 Å². The van der Waals surface area contributed by atoms with Crippen LogP contribution in [0.25, 0.3) is 6.08 Å². The van der Waals surface area contributed by atoms with Crippen molar-refractivity contribution >= 4 is 52.2 Å². The maximum absolute atomic E-state index is 12.1. The lowest BCUT2D eigenvalue weighted by atomic mass is 10.2. The van der Waals surface area contributed by atoms with Gasteiger partial charge in [0.2, 0.25) is 0 Å². The first-order valence-electron chi connectivity index (χ1n) is 5.74. The highest BCUT2D eigenvalue weighted by atomic mass is 35.5. The van der Waals surface area contributed by atoms with Crippen LogP contribution in [0.3, 0.4) is 0 Å². The van der Waals surface area contributed by atoms with Crippen molar-refractivity contribution in [1.82, 2.24) is 4.90 Å². The van der Waals surface area contributed by atoms with E-state index < -0.39 is 0 Å². The van der Waals surface area contributed by atoms with E-state index in [1.165, 1.54) is 4.90 Å². The number of carbonyl (C=O) groups is 2. The highest BCUT2D eigenvalue weighted by molar-refractivity contribution is 8.18. The molecule has 1 fully saturated rings. The fourth-order valence-corrected chi connectivity index (χ4v) is 3.05. The number of halogens is 2. The molecular formula is C13H11Cl2NO2S. The van der Waals surface area contributed by atoms with Crippen molar-refractivity contribution in [2.75, 3.05) is 6.54 Å². The van der Waals surface area contributed by atoms with Crippen molar-refractivity contribution in [2.24, 2.45) is 0 Å². The maximum Gasteiger partial charge on any atom is 0.293 e. The van der Waals surface area contributed by atoms with Gasteiger partial charge in [-0.15, -0.1) is 0 Å². The van der Waals surface area contributed by atoms with Gasteiger partial charge in [0.25, 0.3) is 11.1 Å². The number of benzene rings is 1. The maximum atomic E-state index is 12.1. The molecule has 1 aromatic carbocycles. The average Bonchev–Trinajstić information content (AvgIpc) is 2.62. The Balaban J connectivity index is 2.35. The largest absolute Gasteiger partial charge is 0.293 e. The van der Waals surface area contributed by atoms with Crippen LogP contribution < -0.4 is 0 Å². The van der Waals surface area contributed by atoms with Crippen LogP contribution in [-0.2, 0) is 4.79 Å². The summed E-state index contributed by atoms with van der Waals surface area (Å²) >= 11 is 13.0. The van der Waals surface area contributed by atoms with E-state index in [1.807, 2.05) is 6.92 Å². The van der Waals surface area contributed by atoms with Gasteiger partial charge in [-0.25, -0.2) is 0 Å². The molecule has 1 aromatic rings. The van der Waals surface area contributed by atoms with Gasteiger partial charge in [0, 0.05) is 22.2 Å². The predicted octanol–water partition coefficient (Wildman–Crippen LogP) is 4.44. The molecule has 1 saturated heterocycles. The smallest absolute Gasteiger partial charge is 0.268 e. The Kier molecular flexibility index (Phi) is 4.55. The van der Waals surface area contributed by atoms with Crippen molar-refractivity contribution < 1.29 is 9.59 Å². The monoisotopic (exact) mass is 315 g/mol. The lowest BCUT2D eigenvalue weighted by molar-refractivity contribution is -0.122. The van der Waals surface area contributed by atoms with Crippen molar-refractivity contribution in [3.05, 3.63) is 38.7 Å². The molecule has 0 saturated carbocycles. The molecule has 0 atom stereocenters. The normalized spacial score (nSPS) is 17.6. The van der Waals surface area contributed by atoms with Crippen LogP contribution in [0, 0.1) is 0 Å². The minimum absolute atomic E-state index is 0.249. The van der Waals surface area contributed by atoms with Gasteiger partial charge in [-0.1, -0.05) is 36.2 Å². The molecule has 0 radical (unpaired) electrons. The van der Waals surface area contributed by atoms with E-state index in [4.69, 9.17) is 23.2 Å². The summed E-state index contributed by atoms with van der Waals surface area (Å²) in [6, 6.07) is 5.11. The second-order valence-corrected chi connectivity index (χ2v) is 5.78. The van der Waals surface area contributed by atoms with Crippen LogP contribution >= 0.6 is 35.0 Å². The molecule has 0 aliphatic carbocycles. The van der Waals surface area contributed by atoms with Crippen LogP contribution in [0.5, 0.6) is 0 Å². The molecule has 2 rings (SSSR count). The van der Waals surface area contributed by atoms with Crippen LogP contribution in [0.4, 0.5) is 4.79 Å². The van der Waals surface area contributed by atoms with E-state index in [0.29, 0.717) is 27.1 Å². The Labute approximate surface area is 125 Å². The molecule has 6 heteroatoms. The van der Waals surface area contributed by atoms with Crippen LogP contribution in [-0.4, -0.2) is 22.6 Å². The average molecular weight is 316 g/mol. The van der Waals surface area contributed by atoms with E-state index in [9.17, 15) is 9.59 Å². The molecule has 100 valence electrons. The molecule has 0 aromatic heterocycles. The number of carbonyl (C=O) groups excluding carboxylic acids is 2. The molecule has 1 heterocycles. The molecule has 3 nitrogen and oxygen atoms in total. The Morgan fingerprint density at radius 2 is 1.89 bits per heavy atom. The Morgan fingerprint density at radius 1 is 1.26 bits per heavy atom. The van der Waals surface area contributed by atoms with Gasteiger partial charge in [0.1, 0.15) is 0 Å². The van der Waals surface area contributed by atoms with Crippen LogP contribution in [0.15, 0.2) is 23.1 Å². The van der Waals surface area contributed by atoms with E-state index in [2.05, 4.69) is 0 Å². The first-order valence-corrected chi connectivity index (χ1v) is 7.31. The second-order valence-electron chi connectivity index (χ2n) is 3.97. The number of imide groups is 1. The minimum Gasteiger partial charge on any atom is -0.268 e. The van der Waals surface area contributed by atoms with Crippen molar-refractivity contribution in [2.45, 2.75) is 13.3 Å². The number of nitrogens with zero attached hydrogens (tertiary/aromatic N) is 1. The Morgan fingerprint density at radius 3 is 2.47 bits per heavy atom. The van der Waals surface area contributed by atoms with Crippen molar-refractivity contribution in [1.29, 1.82) is 0 Å². The third-order valence-corrected chi connectivity index (χ3v) is 4.16. The molecule has 0 spiro atoms. The molecule has 0 unspecified atom stereocenters. The second kappa shape index (κ2) is 5.99. The Hall–Kier alpha value is -0.970. The number of thioether (sulfide) groups is 1. The lowest BCUT2D eigenvalue weighted by Gasteiger charge is -2.09. The minimum atomic E-state index is -0.284. The molecule has 1 aliphatic heterocycles. The fourth-order valence-electron chi connectivity index (χ4n) is 1.70. The number of amides is 2. The summed E-state index contributed by atoms with van der Waals surface area (Å²) in [5, 5.41) is 0.658. The summed E-state index contributed by atoms with van der Waals surface area (Å²) in [6.07, 6.45) is 2.31. The molecular weight excluding hydrogens is 305 g/mol. The van der Waals surface area contributed by atoms with Gasteiger partial charge < -0.3 is 0 Å². The molecule has 19 heavy (non-hydrogen) atoms. The SMILES string of the molecule is CCCN1C(=O)S/C(=C/c2c(Cl)cccc2Cl)C1=O. The Bertz CT molecular complexity index is 552. The van der Waals surface area contributed by atoms with E-state index in [0.717, 1.165) is 18.2 Å². The van der Waals surface area contributed by atoms with Gasteiger partial charge in [0.05, 0.1) is 4.91 Å². The van der Waals surface area contributed by atoms with Gasteiger partial charge in [-0.05, 0) is 36.4 Å². The molecule has 0 N–H and O–H groups in total. The van der Waals surface area contributed by atoms with Crippen molar-refractivity contribution in [3.8, 4) is 0 Å². The molecule has 1 aliphatic rings. The van der Waals surface area contributed by atoms with Gasteiger partial charge in [0.15, 0.2) is 0 Å². The van der Waals surface area contributed by atoms with E-state index >= 15 is 0 Å². The standard InChI is InChI=1S/C13H11Cl2NO2S/c1-2-6-16-12(17)11(19-13(16)18)7-8-9(14)4-3-5-10(8)15/h3-5,7H,2,6H2,1H3/b11-7+. The first kappa shape index (κ1) is 14.4. The summed E-state index contributed by atoms with van der Waals surface area (Å²) in [6.45, 7) is 2.34. The highest BCUT2D eigenvalue weighted by Crippen LogP contribution is 2.35. The fraction of sp³-hybridized carbons (Fsp3) is 0.231. The zero-order valence-electron chi connectivity index (χ0n) is 10.2. The van der Waals surface area contributed by atoms with E-state index in [-0.39, 0.29) is 11.1 Å². The van der Waals surface area contributed by atoms with Gasteiger partial charge in [-0.3, -0.25) is 14.5 Å². The molecule has 0 bridgehead atoms. The summed E-state index contributed by atoms with van der Waals surface area (Å²) in [5.41, 5.74) is 0.563. The van der Waals surface area contributed by atoms with Gasteiger partial charge >= 0.3 is 0 Å². The predicted molar refractivity (Wildman–Crippen MR) is 79.4 cm³/mol. The van der Waals surface area contributed by atoms with Gasteiger partial charge in [-0.2, -0.15) is 0 Å². The zero-order valence-corrected chi connectivity index (χ0v) is 12.5. The van der Waals surface area contributed by atoms with Crippen molar-refractivity contribution in [3.63, 3.8) is 0 Å². The molecule has 2 amide bonds. The lowest BCUT2D eigenvalue weighted by Crippen LogP contribution is -2.28. The summed E-state index contributed by atoms with van der Waals surface area (Å²) < 4.78 is 0. The number of rotatable bonds is 3. The first-order chi connectivity index (χ1) is 9.04. The third kappa shape index (κ3) is 2.96. The van der Waals surface area contributed by atoms with E-state index in [1.54, 1.807) is 24.3 Å². The number of hydrogen-bond donors (Lipinski definition) is 0. The highest BCUT2D eigenvalue weighted by Gasteiger charge is 2.34. The zero-order chi connectivity index (χ0) is 14.0.